The summed E-state index contributed by atoms with van der Waals surface area (Å²) in [5.41, 5.74) is 7.13. The van der Waals surface area contributed by atoms with Crippen molar-refractivity contribution in [2.45, 2.75) is 44.6 Å². The number of nitrogens with two attached hydrogens (primary N) is 1. The van der Waals surface area contributed by atoms with Gasteiger partial charge in [0.2, 0.25) is 15.9 Å². The number of amides is 1. The zero-order valence-electron chi connectivity index (χ0n) is 14.4. The van der Waals surface area contributed by atoms with E-state index < -0.39 is 15.6 Å². The van der Waals surface area contributed by atoms with Crippen LogP contribution in [0, 0.1) is 5.92 Å². The Kier molecular flexibility index (Phi) is 6.01. The van der Waals surface area contributed by atoms with E-state index in [1.54, 1.807) is 24.3 Å². The van der Waals surface area contributed by atoms with E-state index in [-0.39, 0.29) is 30.0 Å². The second-order valence-electron chi connectivity index (χ2n) is 7.08. The summed E-state index contributed by atoms with van der Waals surface area (Å²) in [7, 11) is -3.18. The number of hydrogen-bond acceptors (Lipinski definition) is 4. The molecule has 8 heteroatoms. The monoisotopic (exact) mass is 387 g/mol. The Balaban J connectivity index is 0.00000225. The standard InChI is InChI=1S/C17H25N3O3S.ClH/c1-17(18)10-3-2-5-15(17)16(21)19-13-6-8-14(9-7-13)20-11-4-12-24(20,22)23;/h6-9,15H,2-5,10-12,18H2,1H3,(H,19,21);1H. The Morgan fingerprint density at radius 2 is 1.92 bits per heavy atom. The van der Waals surface area contributed by atoms with E-state index in [0.29, 0.717) is 24.3 Å². The van der Waals surface area contributed by atoms with E-state index in [9.17, 15) is 13.2 Å². The van der Waals surface area contributed by atoms with Gasteiger partial charge in [-0.05, 0) is 50.5 Å². The van der Waals surface area contributed by atoms with Gasteiger partial charge in [-0.1, -0.05) is 12.8 Å². The number of nitrogens with zero attached hydrogens (tertiary/aromatic N) is 1. The summed E-state index contributed by atoms with van der Waals surface area (Å²) in [4.78, 5) is 12.5. The van der Waals surface area contributed by atoms with Crippen molar-refractivity contribution in [2.75, 3.05) is 21.9 Å². The Morgan fingerprint density at radius 1 is 1.24 bits per heavy atom. The summed E-state index contributed by atoms with van der Waals surface area (Å²) in [6.07, 6.45) is 4.41. The molecule has 2 atom stereocenters. The van der Waals surface area contributed by atoms with Crippen LogP contribution < -0.4 is 15.4 Å². The molecular formula is C17H26ClN3O3S. The van der Waals surface area contributed by atoms with Crippen LogP contribution in [0.1, 0.15) is 39.0 Å². The van der Waals surface area contributed by atoms with Crippen LogP contribution in [0.15, 0.2) is 24.3 Å². The maximum atomic E-state index is 12.5. The van der Waals surface area contributed by atoms with Gasteiger partial charge in [0.25, 0.3) is 0 Å². The van der Waals surface area contributed by atoms with E-state index in [1.807, 2.05) is 6.92 Å². The molecular weight excluding hydrogens is 362 g/mol. The molecule has 3 rings (SSSR count). The average Bonchev–Trinajstić information content (AvgIpc) is 2.87. The van der Waals surface area contributed by atoms with Crippen LogP contribution in [-0.4, -0.2) is 32.2 Å². The summed E-state index contributed by atoms with van der Waals surface area (Å²) >= 11 is 0. The highest BCUT2D eigenvalue weighted by atomic mass is 35.5. The van der Waals surface area contributed by atoms with Crippen molar-refractivity contribution in [3.8, 4) is 0 Å². The van der Waals surface area contributed by atoms with Crippen LogP contribution in [0.4, 0.5) is 11.4 Å². The maximum absolute atomic E-state index is 12.5. The predicted octanol–water partition coefficient (Wildman–Crippen LogP) is 2.49. The zero-order valence-corrected chi connectivity index (χ0v) is 16.0. The van der Waals surface area contributed by atoms with E-state index in [2.05, 4.69) is 5.32 Å². The first-order valence-electron chi connectivity index (χ1n) is 8.50. The van der Waals surface area contributed by atoms with Gasteiger partial charge in [0.05, 0.1) is 17.4 Å². The molecule has 1 saturated heterocycles. The molecule has 0 radical (unpaired) electrons. The number of anilines is 2. The molecule has 1 aliphatic carbocycles. The predicted molar refractivity (Wildman–Crippen MR) is 103 cm³/mol. The molecule has 25 heavy (non-hydrogen) atoms. The van der Waals surface area contributed by atoms with Crippen molar-refractivity contribution in [3.63, 3.8) is 0 Å². The Labute approximate surface area is 155 Å². The molecule has 2 fully saturated rings. The van der Waals surface area contributed by atoms with Crippen molar-refractivity contribution < 1.29 is 13.2 Å². The number of sulfonamides is 1. The van der Waals surface area contributed by atoms with E-state index in [0.717, 1.165) is 25.7 Å². The molecule has 0 spiro atoms. The fraction of sp³-hybridized carbons (Fsp3) is 0.588. The Bertz CT molecular complexity index is 719. The molecule has 1 heterocycles. The molecule has 1 aliphatic heterocycles. The summed E-state index contributed by atoms with van der Waals surface area (Å²) in [5, 5.41) is 2.92. The number of benzene rings is 1. The normalized spacial score (nSPS) is 28.2. The second kappa shape index (κ2) is 7.51. The van der Waals surface area contributed by atoms with Crippen molar-refractivity contribution in [1.82, 2.24) is 0 Å². The van der Waals surface area contributed by atoms with Crippen LogP contribution in [0.5, 0.6) is 0 Å². The minimum absolute atomic E-state index is 0. The van der Waals surface area contributed by atoms with E-state index >= 15 is 0 Å². The summed E-state index contributed by atoms with van der Waals surface area (Å²) in [6.45, 7) is 2.46. The summed E-state index contributed by atoms with van der Waals surface area (Å²) < 4.78 is 25.3. The highest BCUT2D eigenvalue weighted by molar-refractivity contribution is 7.93. The molecule has 1 amide bonds. The van der Waals surface area contributed by atoms with E-state index in [1.165, 1.54) is 4.31 Å². The largest absolute Gasteiger partial charge is 0.326 e. The van der Waals surface area contributed by atoms with Crippen molar-refractivity contribution in [2.24, 2.45) is 11.7 Å². The molecule has 1 aromatic carbocycles. The van der Waals surface area contributed by atoms with Gasteiger partial charge in [-0.25, -0.2) is 8.42 Å². The SMILES string of the molecule is CC1(N)CCCCC1C(=O)Nc1ccc(N2CCCS2(=O)=O)cc1.Cl. The van der Waals surface area contributed by atoms with Gasteiger partial charge in [0.1, 0.15) is 0 Å². The van der Waals surface area contributed by atoms with Crippen LogP contribution in [0.2, 0.25) is 0 Å². The molecule has 3 N–H and O–H groups in total. The molecule has 2 unspecified atom stereocenters. The molecule has 1 saturated carbocycles. The first kappa shape index (κ1) is 20.0. The molecule has 6 nitrogen and oxygen atoms in total. The third-order valence-electron chi connectivity index (χ3n) is 5.09. The van der Waals surface area contributed by atoms with Crippen LogP contribution in [0.25, 0.3) is 0 Å². The van der Waals surface area contributed by atoms with Gasteiger partial charge in [0, 0.05) is 17.8 Å². The van der Waals surface area contributed by atoms with Crippen LogP contribution >= 0.6 is 12.4 Å². The van der Waals surface area contributed by atoms with Gasteiger partial charge in [-0.3, -0.25) is 9.10 Å². The van der Waals surface area contributed by atoms with Crippen LogP contribution in [-0.2, 0) is 14.8 Å². The Morgan fingerprint density at radius 3 is 2.48 bits per heavy atom. The maximum Gasteiger partial charge on any atom is 0.235 e. The summed E-state index contributed by atoms with van der Waals surface area (Å²) in [6, 6.07) is 6.97. The van der Waals surface area contributed by atoms with Gasteiger partial charge < -0.3 is 11.1 Å². The van der Waals surface area contributed by atoms with Gasteiger partial charge in [-0.15, -0.1) is 12.4 Å². The Hall–Kier alpha value is -1.31. The lowest BCUT2D eigenvalue weighted by atomic mass is 9.74. The quantitative estimate of drug-likeness (QED) is 0.833. The minimum Gasteiger partial charge on any atom is -0.326 e. The number of nitrogens with one attached hydrogen (secondary N) is 1. The molecule has 2 aliphatic rings. The van der Waals surface area contributed by atoms with Gasteiger partial charge >= 0.3 is 0 Å². The number of carbonyl (C=O) groups excluding carboxylic acids is 1. The smallest absolute Gasteiger partial charge is 0.235 e. The van der Waals surface area contributed by atoms with Gasteiger partial charge in [-0.2, -0.15) is 0 Å². The first-order chi connectivity index (χ1) is 11.3. The summed E-state index contributed by atoms with van der Waals surface area (Å²) in [5.74, 6) is -0.0476. The third-order valence-corrected chi connectivity index (χ3v) is 6.96. The number of rotatable bonds is 3. The van der Waals surface area contributed by atoms with Gasteiger partial charge in [0.15, 0.2) is 0 Å². The molecule has 140 valence electrons. The second-order valence-corrected chi connectivity index (χ2v) is 9.09. The lowest BCUT2D eigenvalue weighted by Crippen LogP contribution is -2.51. The number of halogens is 1. The lowest BCUT2D eigenvalue weighted by Gasteiger charge is -2.37. The van der Waals surface area contributed by atoms with Crippen molar-refractivity contribution in [3.05, 3.63) is 24.3 Å². The van der Waals surface area contributed by atoms with Crippen molar-refractivity contribution in [1.29, 1.82) is 0 Å². The molecule has 0 bridgehead atoms. The number of carbonyl (C=O) groups is 1. The van der Waals surface area contributed by atoms with E-state index in [4.69, 9.17) is 5.73 Å². The molecule has 1 aromatic rings. The zero-order chi connectivity index (χ0) is 17.4. The molecule has 0 aromatic heterocycles. The first-order valence-corrected chi connectivity index (χ1v) is 10.1. The minimum atomic E-state index is -3.18. The number of hydrogen-bond donors (Lipinski definition) is 2. The van der Waals surface area contributed by atoms with Crippen LogP contribution in [0.3, 0.4) is 0 Å². The third kappa shape index (κ3) is 4.27. The topological polar surface area (TPSA) is 92.5 Å². The highest BCUT2D eigenvalue weighted by Gasteiger charge is 2.37. The van der Waals surface area contributed by atoms with Crippen molar-refractivity contribution >= 4 is 39.7 Å². The fourth-order valence-corrected chi connectivity index (χ4v) is 5.22. The highest BCUT2D eigenvalue weighted by Crippen LogP contribution is 2.33. The lowest BCUT2D eigenvalue weighted by molar-refractivity contribution is -0.122. The average molecular weight is 388 g/mol. The fourth-order valence-electron chi connectivity index (χ4n) is 3.66.